The standard InChI is InChI=1S/CH13P9/c2-8(3)1(9(4)5)10(6)7/h1H,2-7H2/i1D. The molecule has 6 unspecified atom stereocenters. The van der Waals surface area contributed by atoms with Crippen molar-refractivity contribution in [1.29, 1.82) is 0 Å². The van der Waals surface area contributed by atoms with Crippen LogP contribution in [-0.2, 0) is 0 Å². The van der Waals surface area contributed by atoms with Gasteiger partial charge in [0.25, 0.3) is 0 Å². The van der Waals surface area contributed by atoms with Gasteiger partial charge in [-0.2, -0.15) is 0 Å². The molecule has 0 bridgehead atoms. The molecule has 0 saturated heterocycles. The van der Waals surface area contributed by atoms with Gasteiger partial charge in [0.2, 0.25) is 0 Å². The van der Waals surface area contributed by atoms with Gasteiger partial charge in [-0.3, -0.25) is 0 Å². The van der Waals surface area contributed by atoms with Crippen LogP contribution in [0.15, 0.2) is 0 Å². The van der Waals surface area contributed by atoms with Crippen LogP contribution in [0.4, 0.5) is 0 Å². The van der Waals surface area contributed by atoms with E-state index in [1.54, 1.807) is 0 Å². The highest BCUT2D eigenvalue weighted by Gasteiger charge is 2.21. The summed E-state index contributed by atoms with van der Waals surface area (Å²) in [5.74, 6) is 0. The molecule has 0 saturated carbocycles. The molecule has 6 atom stereocenters. The quantitative estimate of drug-likeness (QED) is 0.676. The molecule has 0 aromatic rings. The Balaban J connectivity index is 4.53. The first-order valence-corrected chi connectivity index (χ1v) is 16.0. The first kappa shape index (κ1) is 11.9. The van der Waals surface area contributed by atoms with E-state index in [0.29, 0.717) is 0 Å². The van der Waals surface area contributed by atoms with E-state index in [0.717, 1.165) is 0 Å². The summed E-state index contributed by atoms with van der Waals surface area (Å²) < 4.78 is 8.25. The van der Waals surface area contributed by atoms with E-state index < -0.39 is 0 Å². The van der Waals surface area contributed by atoms with Crippen molar-refractivity contribution in [2.45, 2.75) is 5.12 Å². The lowest BCUT2D eigenvalue weighted by Gasteiger charge is -2.27. The van der Waals surface area contributed by atoms with Gasteiger partial charge < -0.3 is 0 Å². The van der Waals surface area contributed by atoms with Gasteiger partial charge in [-0.05, 0) is 0 Å². The van der Waals surface area contributed by atoms with E-state index >= 15 is 0 Å². The Hall–Kier alpha value is 3.87. The molecule has 10 heavy (non-hydrogen) atoms. The second kappa shape index (κ2) is 7.20. The maximum atomic E-state index is 8.25. The topological polar surface area (TPSA) is 0 Å². The van der Waals surface area contributed by atoms with Crippen molar-refractivity contribution in [3.8, 4) is 0 Å². The summed E-state index contributed by atoms with van der Waals surface area (Å²) in [7, 11) is 15.5. The Morgan fingerprint density at radius 2 is 1.00 bits per heavy atom. The van der Waals surface area contributed by atoms with Gasteiger partial charge in [0.05, 0.1) is 0 Å². The Morgan fingerprint density at radius 3 is 1.00 bits per heavy atom. The molecule has 62 valence electrons. The van der Waals surface area contributed by atoms with Crippen LogP contribution >= 0.6 is 75.5 Å². The van der Waals surface area contributed by atoms with Crippen molar-refractivity contribution in [2.24, 2.45) is 0 Å². The molecule has 0 N–H and O–H groups in total. The maximum Gasteiger partial charge on any atom is 0.0471 e. The molecule has 0 amide bonds. The van der Waals surface area contributed by atoms with Crippen LogP contribution < -0.4 is 0 Å². The highest BCUT2D eigenvalue weighted by molar-refractivity contribution is 8.62. The molecule has 0 nitrogen and oxygen atoms in total. The lowest BCUT2D eigenvalue weighted by atomic mass is 11.9. The minimum Gasteiger partial charge on any atom is -0.106 e. The predicted octanol–water partition coefficient (Wildman–Crippen LogP) is 4.46. The van der Waals surface area contributed by atoms with Crippen LogP contribution in [0.1, 0.15) is 1.37 Å². The van der Waals surface area contributed by atoms with Gasteiger partial charge in [-0.1, -0.05) is 21.9 Å². The molecular formula is CH13P9. The minimum absolute atomic E-state index is 0.278. The second-order valence-electron chi connectivity index (χ2n) is 1.52. The van der Waals surface area contributed by atoms with E-state index in [4.69, 9.17) is 1.37 Å². The molecule has 0 radical (unpaired) electrons. The molecule has 9 heteroatoms. The Bertz CT molecular complexity index is 97.0. The second-order valence-corrected chi connectivity index (χ2v) is 21.7. The monoisotopic (exact) mass is 305 g/mol. The zero-order valence-corrected chi connectivity index (χ0v) is 14.9. The third-order valence-electron chi connectivity index (χ3n) is 0.693. The average molecular weight is 305 g/mol. The minimum atomic E-state index is -0.351. The summed E-state index contributed by atoms with van der Waals surface area (Å²) >= 11 is 0. The third-order valence-corrected chi connectivity index (χ3v) is 18.7. The van der Waals surface area contributed by atoms with E-state index in [1.165, 1.54) is 0 Å². The lowest BCUT2D eigenvalue weighted by Crippen LogP contribution is -1.79. The molecule has 0 aliphatic carbocycles. The predicted molar refractivity (Wildman–Crippen MR) is 82.8 cm³/mol. The van der Waals surface area contributed by atoms with Crippen LogP contribution in [-0.4, -0.2) is 5.12 Å². The Kier molecular flexibility index (Phi) is 8.60. The molecule has 0 heterocycles. The highest BCUT2D eigenvalue weighted by atomic mass is 32.5. The molecule has 0 aliphatic rings. The normalized spacial score (nSPS) is 15.1. The van der Waals surface area contributed by atoms with Crippen LogP contribution in [0, 0.1) is 0 Å². The van der Waals surface area contributed by atoms with Crippen LogP contribution in [0.2, 0.25) is 0 Å². The van der Waals surface area contributed by atoms with Gasteiger partial charge in [0.15, 0.2) is 0 Å². The van der Waals surface area contributed by atoms with Crippen molar-refractivity contribution in [3.05, 3.63) is 0 Å². The first-order valence-electron chi connectivity index (χ1n) is 2.72. The average Bonchev–Trinajstić information content (AvgIpc) is 1.84. The third kappa shape index (κ3) is 5.57. The smallest absolute Gasteiger partial charge is 0.0471 e. The molecule has 0 spiro atoms. The SMILES string of the molecule is [2H]C(P(P)P)(P(P)P)P(P)P. The zero-order valence-electron chi connectivity index (χ0n) is 6.31. The van der Waals surface area contributed by atoms with Gasteiger partial charge in [0, 0.05) is 6.49 Å². The fraction of sp³-hybridized carbons (Fsp3) is 1.00. The summed E-state index contributed by atoms with van der Waals surface area (Å²) in [6, 6.07) is 0. The van der Waals surface area contributed by atoms with Gasteiger partial charge in [0.1, 0.15) is 0 Å². The van der Waals surface area contributed by atoms with Crippen molar-refractivity contribution < 1.29 is 1.37 Å². The Labute approximate surface area is 82.0 Å². The molecule has 0 aromatic carbocycles. The molecule has 0 rings (SSSR count). The molecule has 0 aromatic heterocycles. The zero-order chi connectivity index (χ0) is 9.23. The van der Waals surface area contributed by atoms with Crippen LogP contribution in [0.5, 0.6) is 0 Å². The summed E-state index contributed by atoms with van der Waals surface area (Å²) in [5.41, 5.74) is 0. The van der Waals surface area contributed by atoms with E-state index in [9.17, 15) is 0 Å². The fourth-order valence-electron chi connectivity index (χ4n) is 0.400. The number of hydrogen-bond acceptors (Lipinski definition) is 0. The van der Waals surface area contributed by atoms with Crippen molar-refractivity contribution in [3.63, 3.8) is 0 Å². The molecular weight excluding hydrogens is 291 g/mol. The van der Waals surface area contributed by atoms with Gasteiger partial charge in [-0.15, -0.1) is 53.6 Å². The summed E-state index contributed by atoms with van der Waals surface area (Å²) in [6.07, 6.45) is 0. The van der Waals surface area contributed by atoms with E-state index in [2.05, 4.69) is 53.6 Å². The van der Waals surface area contributed by atoms with Crippen LogP contribution in [0.3, 0.4) is 0 Å². The highest BCUT2D eigenvalue weighted by Crippen LogP contribution is 2.86. The Morgan fingerprint density at radius 1 is 0.800 bits per heavy atom. The lowest BCUT2D eigenvalue weighted by molar-refractivity contribution is 2.06. The van der Waals surface area contributed by atoms with Crippen molar-refractivity contribution in [1.82, 2.24) is 0 Å². The number of rotatable bonds is 3. The maximum absolute atomic E-state index is 8.25. The van der Waals surface area contributed by atoms with Gasteiger partial charge in [-0.25, -0.2) is 0 Å². The van der Waals surface area contributed by atoms with Crippen molar-refractivity contribution >= 4 is 75.5 Å². The summed E-state index contributed by atoms with van der Waals surface area (Å²) in [6.45, 7) is 0. The van der Waals surface area contributed by atoms with E-state index in [1.807, 2.05) is 0 Å². The largest absolute Gasteiger partial charge is 0.106 e. The number of hydrogen-bond donors (Lipinski definition) is 0. The van der Waals surface area contributed by atoms with Crippen molar-refractivity contribution in [2.75, 3.05) is 0 Å². The van der Waals surface area contributed by atoms with Gasteiger partial charge >= 0.3 is 0 Å². The van der Waals surface area contributed by atoms with E-state index in [-0.39, 0.29) is 27.0 Å². The summed E-state index contributed by atoms with van der Waals surface area (Å²) in [5, 5.41) is -0.278. The fourth-order valence-corrected chi connectivity index (χ4v) is 32.4. The first-order chi connectivity index (χ1) is 4.83. The molecule has 0 aliphatic heterocycles. The summed E-state index contributed by atoms with van der Waals surface area (Å²) in [4.78, 5) is 0. The van der Waals surface area contributed by atoms with Crippen LogP contribution in [0.25, 0.3) is 0 Å². The molecule has 0 fully saturated rings.